The SMILES string of the molecule is COc1nc2nc(C)nc(N[C@H](C)c3cccc(C(F)(F)C(C)(C)O)c3F)c2cc1C1CCS(=O)(=O)CC1. The second-order valence-electron chi connectivity index (χ2n) is 10.2. The first-order chi connectivity index (χ1) is 17.6. The first-order valence-corrected chi connectivity index (χ1v) is 14.1. The number of benzene rings is 1. The van der Waals surface area contributed by atoms with E-state index in [-0.39, 0.29) is 23.0 Å². The topological polar surface area (TPSA) is 114 Å². The molecule has 206 valence electrons. The normalized spacial score (nSPS) is 17.4. The lowest BCUT2D eigenvalue weighted by molar-refractivity contribution is -0.170. The van der Waals surface area contributed by atoms with Crippen LogP contribution in [0.4, 0.5) is 19.0 Å². The van der Waals surface area contributed by atoms with E-state index >= 15 is 4.39 Å². The molecule has 8 nitrogen and oxygen atoms in total. The summed E-state index contributed by atoms with van der Waals surface area (Å²) in [5.41, 5.74) is -2.37. The van der Waals surface area contributed by atoms with E-state index < -0.39 is 38.8 Å². The van der Waals surface area contributed by atoms with Gasteiger partial charge in [-0.25, -0.2) is 22.8 Å². The third-order valence-corrected chi connectivity index (χ3v) is 8.65. The average Bonchev–Trinajstić information content (AvgIpc) is 2.82. The number of aliphatic hydroxyl groups is 1. The first-order valence-electron chi connectivity index (χ1n) is 12.2. The minimum Gasteiger partial charge on any atom is -0.481 e. The largest absolute Gasteiger partial charge is 0.481 e. The molecule has 1 aliphatic heterocycles. The molecule has 2 N–H and O–H groups in total. The van der Waals surface area contributed by atoms with Gasteiger partial charge < -0.3 is 15.2 Å². The van der Waals surface area contributed by atoms with Crippen molar-refractivity contribution in [2.75, 3.05) is 23.9 Å². The highest BCUT2D eigenvalue weighted by Crippen LogP contribution is 2.42. The second kappa shape index (κ2) is 9.96. The predicted octanol–water partition coefficient (Wildman–Crippen LogP) is 4.81. The average molecular weight is 553 g/mol. The van der Waals surface area contributed by atoms with Crippen LogP contribution in [-0.4, -0.2) is 52.7 Å². The zero-order valence-corrected chi connectivity index (χ0v) is 22.7. The number of methoxy groups -OCH3 is 1. The number of sulfone groups is 1. The summed E-state index contributed by atoms with van der Waals surface area (Å²) in [6, 6.07) is 4.67. The van der Waals surface area contributed by atoms with Crippen LogP contribution in [0.3, 0.4) is 0 Å². The van der Waals surface area contributed by atoms with E-state index in [9.17, 15) is 22.3 Å². The molecule has 1 aromatic carbocycles. The molecule has 0 saturated carbocycles. The number of anilines is 1. The number of aromatic nitrogens is 3. The number of nitrogens with one attached hydrogen (secondary N) is 1. The van der Waals surface area contributed by atoms with E-state index in [1.54, 1.807) is 19.9 Å². The van der Waals surface area contributed by atoms with Gasteiger partial charge in [-0.1, -0.05) is 12.1 Å². The van der Waals surface area contributed by atoms with E-state index in [2.05, 4.69) is 20.3 Å². The highest BCUT2D eigenvalue weighted by atomic mass is 32.2. The molecule has 12 heteroatoms. The Kier molecular flexibility index (Phi) is 7.34. The Morgan fingerprint density at radius 1 is 1.16 bits per heavy atom. The Morgan fingerprint density at radius 3 is 2.42 bits per heavy atom. The number of halogens is 3. The lowest BCUT2D eigenvalue weighted by atomic mass is 9.91. The summed E-state index contributed by atoms with van der Waals surface area (Å²) in [5, 5.41) is 13.6. The molecular formula is C26H31F3N4O4S. The van der Waals surface area contributed by atoms with Gasteiger partial charge in [0.1, 0.15) is 32.9 Å². The summed E-state index contributed by atoms with van der Waals surface area (Å²) < 4.78 is 74.4. The van der Waals surface area contributed by atoms with Crippen LogP contribution in [0.25, 0.3) is 11.0 Å². The predicted molar refractivity (Wildman–Crippen MR) is 138 cm³/mol. The standard InChI is InChI=1S/C26H31F3N4O4S/c1-14(17-7-6-8-20(21(17)27)26(28,29)25(3,4)34)30-22-19-13-18(16-9-11-38(35,36)12-10-16)24(37-5)33-23(19)32-15(2)31-22/h6-8,13-14,16,34H,9-12H2,1-5H3,(H,30,31,32,33)/t14-/m1/s1. The minimum absolute atomic E-state index is 0.0324. The molecule has 0 bridgehead atoms. The van der Waals surface area contributed by atoms with Crippen LogP contribution in [0.2, 0.25) is 0 Å². The molecule has 38 heavy (non-hydrogen) atoms. The van der Waals surface area contributed by atoms with Crippen molar-refractivity contribution < 1.29 is 31.4 Å². The molecule has 0 unspecified atom stereocenters. The highest BCUT2D eigenvalue weighted by Gasteiger charge is 2.49. The van der Waals surface area contributed by atoms with E-state index in [0.29, 0.717) is 41.4 Å². The van der Waals surface area contributed by atoms with E-state index in [1.165, 1.54) is 19.2 Å². The summed E-state index contributed by atoms with van der Waals surface area (Å²) in [6.07, 6.45) is 0.844. The molecule has 3 heterocycles. The Morgan fingerprint density at radius 2 is 1.82 bits per heavy atom. The molecule has 1 fully saturated rings. The second-order valence-corrected chi connectivity index (χ2v) is 12.5. The van der Waals surface area contributed by atoms with Crippen molar-refractivity contribution in [1.29, 1.82) is 0 Å². The minimum atomic E-state index is -3.83. The fraction of sp³-hybridized carbons (Fsp3) is 0.500. The molecule has 1 aliphatic rings. The monoisotopic (exact) mass is 552 g/mol. The Balaban J connectivity index is 1.75. The number of fused-ring (bicyclic) bond motifs is 1. The molecule has 1 saturated heterocycles. The molecule has 0 spiro atoms. The van der Waals surface area contributed by atoms with Crippen molar-refractivity contribution in [2.45, 2.75) is 64.0 Å². The summed E-state index contributed by atoms with van der Waals surface area (Å²) in [5.74, 6) is -3.89. The number of nitrogens with zero attached hydrogens (tertiary/aromatic N) is 3. The Hall–Kier alpha value is -2.99. The smallest absolute Gasteiger partial charge is 0.303 e. The number of rotatable bonds is 7. The zero-order chi connectivity index (χ0) is 28.0. The van der Waals surface area contributed by atoms with Gasteiger partial charge in [-0.3, -0.25) is 0 Å². The van der Waals surface area contributed by atoms with Gasteiger partial charge in [-0.05, 0) is 58.6 Å². The maximum Gasteiger partial charge on any atom is 0.303 e. The zero-order valence-electron chi connectivity index (χ0n) is 21.8. The van der Waals surface area contributed by atoms with E-state index in [1.807, 2.05) is 0 Å². The van der Waals surface area contributed by atoms with Gasteiger partial charge in [0.25, 0.3) is 0 Å². The summed E-state index contributed by atoms with van der Waals surface area (Å²) >= 11 is 0. The van der Waals surface area contributed by atoms with Gasteiger partial charge in [0, 0.05) is 11.1 Å². The van der Waals surface area contributed by atoms with Gasteiger partial charge in [-0.2, -0.15) is 13.8 Å². The molecule has 4 rings (SSSR count). The fourth-order valence-electron chi connectivity index (χ4n) is 4.67. The van der Waals surface area contributed by atoms with Crippen molar-refractivity contribution in [3.05, 3.63) is 52.6 Å². The van der Waals surface area contributed by atoms with Gasteiger partial charge in [0.2, 0.25) is 5.88 Å². The van der Waals surface area contributed by atoms with Crippen LogP contribution in [-0.2, 0) is 15.8 Å². The quantitative estimate of drug-likeness (QED) is 0.429. The van der Waals surface area contributed by atoms with Crippen molar-refractivity contribution >= 4 is 26.7 Å². The maximum atomic E-state index is 15.4. The molecular weight excluding hydrogens is 521 g/mol. The van der Waals surface area contributed by atoms with Crippen molar-refractivity contribution in [3.63, 3.8) is 0 Å². The highest BCUT2D eigenvalue weighted by molar-refractivity contribution is 7.91. The molecule has 1 atom stereocenters. The number of hydrogen-bond donors (Lipinski definition) is 2. The van der Waals surface area contributed by atoms with Crippen molar-refractivity contribution in [2.24, 2.45) is 0 Å². The van der Waals surface area contributed by atoms with E-state index in [4.69, 9.17) is 4.74 Å². The van der Waals surface area contributed by atoms with Crippen LogP contribution < -0.4 is 10.1 Å². The lowest BCUT2D eigenvalue weighted by Gasteiger charge is -2.30. The third-order valence-electron chi connectivity index (χ3n) is 6.93. The number of hydrogen-bond acceptors (Lipinski definition) is 8. The maximum absolute atomic E-state index is 15.4. The van der Waals surface area contributed by atoms with Crippen LogP contribution in [0.15, 0.2) is 24.3 Å². The van der Waals surface area contributed by atoms with Gasteiger partial charge in [-0.15, -0.1) is 0 Å². The number of ether oxygens (including phenoxy) is 1. The van der Waals surface area contributed by atoms with Crippen molar-refractivity contribution in [3.8, 4) is 5.88 Å². The van der Waals surface area contributed by atoms with Crippen LogP contribution >= 0.6 is 0 Å². The van der Waals surface area contributed by atoms with Crippen LogP contribution in [0.1, 0.15) is 68.1 Å². The van der Waals surface area contributed by atoms with Gasteiger partial charge in [0.15, 0.2) is 5.65 Å². The number of alkyl halides is 2. The Bertz CT molecular complexity index is 1460. The molecule has 0 amide bonds. The first kappa shape index (κ1) is 28.0. The third kappa shape index (κ3) is 5.28. The molecule has 0 aliphatic carbocycles. The van der Waals surface area contributed by atoms with Gasteiger partial charge >= 0.3 is 5.92 Å². The van der Waals surface area contributed by atoms with Crippen LogP contribution in [0, 0.1) is 12.7 Å². The fourth-order valence-corrected chi connectivity index (χ4v) is 6.16. The molecule has 2 aromatic heterocycles. The van der Waals surface area contributed by atoms with E-state index in [0.717, 1.165) is 25.5 Å². The summed E-state index contributed by atoms with van der Waals surface area (Å²) in [4.78, 5) is 13.4. The molecule has 0 radical (unpaired) electrons. The summed E-state index contributed by atoms with van der Waals surface area (Å²) in [7, 11) is -1.60. The lowest BCUT2D eigenvalue weighted by Crippen LogP contribution is -2.41. The molecule has 3 aromatic rings. The van der Waals surface area contributed by atoms with Crippen molar-refractivity contribution in [1.82, 2.24) is 15.0 Å². The van der Waals surface area contributed by atoms with Crippen LogP contribution in [0.5, 0.6) is 5.88 Å². The number of aryl methyl sites for hydroxylation is 1. The number of pyridine rings is 1. The van der Waals surface area contributed by atoms with Gasteiger partial charge in [0.05, 0.1) is 35.6 Å². The summed E-state index contributed by atoms with van der Waals surface area (Å²) in [6.45, 7) is 5.13. The Labute approximate surface area is 219 Å².